The van der Waals surface area contributed by atoms with Crippen LogP contribution < -0.4 is 11.1 Å². The minimum absolute atomic E-state index is 0.537. The van der Waals surface area contributed by atoms with E-state index in [1.165, 1.54) is 11.1 Å². The van der Waals surface area contributed by atoms with Crippen molar-refractivity contribution in [3.8, 4) is 0 Å². The molecule has 0 radical (unpaired) electrons. The lowest BCUT2D eigenvalue weighted by Crippen LogP contribution is -2.12. The molecule has 0 amide bonds. The van der Waals surface area contributed by atoms with Crippen molar-refractivity contribution in [2.24, 2.45) is 10.7 Å². The first kappa shape index (κ1) is 14.9. The monoisotopic (exact) mass is 279 g/mol. The van der Waals surface area contributed by atoms with Crippen molar-refractivity contribution in [2.45, 2.75) is 13.8 Å². The van der Waals surface area contributed by atoms with Crippen molar-refractivity contribution < 1.29 is 0 Å². The first-order valence-corrected chi connectivity index (χ1v) is 6.87. The fraction of sp³-hybridized carbons (Fsp3) is 0.167. The molecule has 0 spiro atoms. The summed E-state index contributed by atoms with van der Waals surface area (Å²) in [5.74, 6) is 0.537. The molecule has 0 aliphatic rings. The highest BCUT2D eigenvalue weighted by atomic mass is 14.9. The number of anilines is 1. The Morgan fingerprint density at radius 3 is 2.33 bits per heavy atom. The summed E-state index contributed by atoms with van der Waals surface area (Å²) in [7, 11) is 1.68. The van der Waals surface area contributed by atoms with E-state index in [-0.39, 0.29) is 0 Å². The van der Waals surface area contributed by atoms with E-state index >= 15 is 0 Å². The second-order valence-electron chi connectivity index (χ2n) is 5.11. The van der Waals surface area contributed by atoms with E-state index in [0.29, 0.717) is 5.84 Å². The molecule has 0 aromatic heterocycles. The Labute approximate surface area is 126 Å². The molecule has 0 bridgehead atoms. The number of hydrogen-bond acceptors (Lipinski definition) is 2. The summed E-state index contributed by atoms with van der Waals surface area (Å²) in [6.07, 6.45) is 0. The van der Waals surface area contributed by atoms with Crippen LogP contribution in [0.1, 0.15) is 22.3 Å². The van der Waals surface area contributed by atoms with Crippen LogP contribution in [0.2, 0.25) is 0 Å². The Kier molecular flexibility index (Phi) is 4.43. The Balaban J connectivity index is 2.16. The third-order valence-electron chi connectivity index (χ3n) is 3.42. The summed E-state index contributed by atoms with van der Waals surface area (Å²) < 4.78 is 0. The van der Waals surface area contributed by atoms with Crippen molar-refractivity contribution in [3.63, 3.8) is 0 Å². The molecule has 0 unspecified atom stereocenters. The van der Waals surface area contributed by atoms with Crippen LogP contribution in [-0.4, -0.2) is 12.9 Å². The summed E-state index contributed by atoms with van der Waals surface area (Å²) in [5.41, 5.74) is 12.2. The van der Waals surface area contributed by atoms with Gasteiger partial charge in [-0.2, -0.15) is 0 Å². The van der Waals surface area contributed by atoms with E-state index in [1.807, 2.05) is 24.3 Å². The number of aryl methyl sites for hydroxylation is 2. The van der Waals surface area contributed by atoms with Crippen molar-refractivity contribution >= 4 is 17.2 Å². The molecule has 3 N–H and O–H groups in total. The molecule has 0 saturated heterocycles. The molecule has 2 rings (SSSR count). The summed E-state index contributed by atoms with van der Waals surface area (Å²) in [4.78, 5) is 3.97. The van der Waals surface area contributed by atoms with E-state index in [2.05, 4.69) is 48.9 Å². The topological polar surface area (TPSA) is 50.4 Å². The number of nitrogens with two attached hydrogens (primary N) is 1. The van der Waals surface area contributed by atoms with Crippen LogP contribution >= 0.6 is 0 Å². The zero-order valence-electron chi connectivity index (χ0n) is 12.8. The van der Waals surface area contributed by atoms with Crippen LogP contribution in [0.25, 0.3) is 5.70 Å². The van der Waals surface area contributed by atoms with Crippen LogP contribution in [0.3, 0.4) is 0 Å². The fourth-order valence-electron chi connectivity index (χ4n) is 2.25. The van der Waals surface area contributed by atoms with E-state index in [1.54, 1.807) is 7.05 Å². The number of rotatable bonds is 4. The molecule has 108 valence electrons. The normalized spacial score (nSPS) is 11.3. The van der Waals surface area contributed by atoms with Gasteiger partial charge in [-0.25, -0.2) is 0 Å². The van der Waals surface area contributed by atoms with Gasteiger partial charge in [0, 0.05) is 29.6 Å². The van der Waals surface area contributed by atoms with Crippen LogP contribution in [-0.2, 0) is 0 Å². The Hall–Kier alpha value is -2.55. The smallest absolute Gasteiger partial charge is 0.125 e. The molecule has 0 heterocycles. The van der Waals surface area contributed by atoms with Gasteiger partial charge in [0.1, 0.15) is 5.84 Å². The van der Waals surface area contributed by atoms with E-state index in [4.69, 9.17) is 5.73 Å². The molecule has 0 fully saturated rings. The van der Waals surface area contributed by atoms with Gasteiger partial charge >= 0.3 is 0 Å². The summed E-state index contributed by atoms with van der Waals surface area (Å²) >= 11 is 0. The maximum Gasteiger partial charge on any atom is 0.125 e. The van der Waals surface area contributed by atoms with Gasteiger partial charge in [0.05, 0.1) is 0 Å². The highest BCUT2D eigenvalue weighted by Crippen LogP contribution is 2.21. The van der Waals surface area contributed by atoms with Gasteiger partial charge in [0.2, 0.25) is 0 Å². The highest BCUT2D eigenvalue weighted by Gasteiger charge is 2.04. The first-order valence-electron chi connectivity index (χ1n) is 6.87. The summed E-state index contributed by atoms with van der Waals surface area (Å²) in [5, 5.41) is 3.33. The van der Waals surface area contributed by atoms with Gasteiger partial charge < -0.3 is 11.1 Å². The second kappa shape index (κ2) is 6.27. The van der Waals surface area contributed by atoms with Gasteiger partial charge in [-0.15, -0.1) is 0 Å². The van der Waals surface area contributed by atoms with E-state index in [0.717, 1.165) is 22.5 Å². The Bertz CT molecular complexity index is 682. The lowest BCUT2D eigenvalue weighted by molar-refractivity contribution is 1.35. The highest BCUT2D eigenvalue weighted by molar-refractivity contribution is 5.97. The molecule has 0 atom stereocenters. The number of benzene rings is 2. The lowest BCUT2D eigenvalue weighted by Gasteiger charge is -2.13. The van der Waals surface area contributed by atoms with Gasteiger partial charge in [0.15, 0.2) is 0 Å². The number of aliphatic imine (C=N–C) groups is 1. The average Bonchev–Trinajstić information content (AvgIpc) is 2.47. The SMILES string of the molecule is C=C(Nc1ccc(C(N)=NC)cc1)c1ccc(C)cc1C. The Morgan fingerprint density at radius 2 is 1.76 bits per heavy atom. The molecule has 3 nitrogen and oxygen atoms in total. The molecule has 0 aliphatic carbocycles. The third kappa shape index (κ3) is 3.51. The van der Waals surface area contributed by atoms with Gasteiger partial charge in [-0.05, 0) is 43.7 Å². The third-order valence-corrected chi connectivity index (χ3v) is 3.42. The fourth-order valence-corrected chi connectivity index (χ4v) is 2.25. The average molecular weight is 279 g/mol. The van der Waals surface area contributed by atoms with E-state index in [9.17, 15) is 0 Å². The van der Waals surface area contributed by atoms with Crippen LogP contribution in [0.5, 0.6) is 0 Å². The van der Waals surface area contributed by atoms with Crippen LogP contribution in [0, 0.1) is 13.8 Å². The molecule has 21 heavy (non-hydrogen) atoms. The van der Waals surface area contributed by atoms with Crippen LogP contribution in [0.15, 0.2) is 54.0 Å². The number of nitrogens with one attached hydrogen (secondary N) is 1. The Morgan fingerprint density at radius 1 is 1.10 bits per heavy atom. The molecule has 3 heteroatoms. The van der Waals surface area contributed by atoms with Crippen molar-refractivity contribution in [3.05, 3.63) is 71.3 Å². The van der Waals surface area contributed by atoms with Crippen molar-refractivity contribution in [2.75, 3.05) is 12.4 Å². The largest absolute Gasteiger partial charge is 0.384 e. The zero-order valence-corrected chi connectivity index (χ0v) is 12.8. The standard InChI is InChI=1S/C18H21N3/c1-12-5-10-17(13(2)11-12)14(3)21-16-8-6-15(7-9-16)18(19)20-4/h5-11,21H,3H2,1-2,4H3,(H2,19,20). The summed E-state index contributed by atoms with van der Waals surface area (Å²) in [6, 6.07) is 14.2. The minimum Gasteiger partial charge on any atom is -0.384 e. The second-order valence-corrected chi connectivity index (χ2v) is 5.11. The molecule has 2 aromatic carbocycles. The predicted molar refractivity (Wildman–Crippen MR) is 91.7 cm³/mol. The molecular weight excluding hydrogens is 258 g/mol. The number of hydrogen-bond donors (Lipinski definition) is 2. The predicted octanol–water partition coefficient (Wildman–Crippen LogP) is 3.72. The summed E-state index contributed by atoms with van der Waals surface area (Å²) in [6.45, 7) is 8.31. The maximum atomic E-state index is 5.78. The molecule has 0 saturated carbocycles. The zero-order chi connectivity index (χ0) is 15.4. The number of amidine groups is 1. The quantitative estimate of drug-likeness (QED) is 0.662. The van der Waals surface area contributed by atoms with E-state index < -0.39 is 0 Å². The van der Waals surface area contributed by atoms with Gasteiger partial charge in [0.25, 0.3) is 0 Å². The number of nitrogens with zero attached hydrogens (tertiary/aromatic N) is 1. The maximum absolute atomic E-state index is 5.78. The van der Waals surface area contributed by atoms with Crippen LogP contribution in [0.4, 0.5) is 5.69 Å². The molecular formula is C18H21N3. The van der Waals surface area contributed by atoms with Gasteiger partial charge in [-0.3, -0.25) is 4.99 Å². The van der Waals surface area contributed by atoms with Crippen molar-refractivity contribution in [1.82, 2.24) is 0 Å². The molecule has 2 aromatic rings. The lowest BCUT2D eigenvalue weighted by atomic mass is 10.0. The van der Waals surface area contributed by atoms with Crippen molar-refractivity contribution in [1.29, 1.82) is 0 Å². The van der Waals surface area contributed by atoms with Gasteiger partial charge in [-0.1, -0.05) is 30.3 Å². The first-order chi connectivity index (χ1) is 10.0. The molecule has 0 aliphatic heterocycles. The minimum atomic E-state index is 0.537.